The summed E-state index contributed by atoms with van der Waals surface area (Å²) < 4.78 is 1.35. The lowest BCUT2D eigenvalue weighted by Crippen LogP contribution is -2.37. The highest BCUT2D eigenvalue weighted by molar-refractivity contribution is 5.92. The summed E-state index contributed by atoms with van der Waals surface area (Å²) in [5.74, 6) is -0.0819. The summed E-state index contributed by atoms with van der Waals surface area (Å²) in [6.45, 7) is 1.93. The largest absolute Gasteiger partial charge is 0.337 e. The number of nitrogens with zero attached hydrogens (tertiary/aromatic N) is 3. The number of carbonyl (C=O) groups is 1. The van der Waals surface area contributed by atoms with E-state index in [0.29, 0.717) is 12.2 Å². The molecule has 3 rings (SSSR count). The maximum Gasteiger partial charge on any atom is 0.274 e. The number of hydrogen-bond acceptors (Lipinski definition) is 3. The molecule has 1 amide bonds. The van der Waals surface area contributed by atoms with Gasteiger partial charge in [-0.2, -0.15) is 5.10 Å². The van der Waals surface area contributed by atoms with Crippen LogP contribution in [-0.4, -0.2) is 33.7 Å². The Morgan fingerprint density at radius 1 is 1.00 bits per heavy atom. The SMILES string of the molecule is O=C(c1ccc(=O)n(Cc2ccccc2)n1)N1CCCCC1. The molecule has 0 radical (unpaired) electrons. The molecular formula is C17H19N3O2. The Labute approximate surface area is 129 Å². The number of carbonyl (C=O) groups excluding carboxylic acids is 1. The van der Waals surface area contributed by atoms with Crippen LogP contribution in [-0.2, 0) is 6.54 Å². The van der Waals surface area contributed by atoms with Gasteiger partial charge in [-0.1, -0.05) is 30.3 Å². The monoisotopic (exact) mass is 297 g/mol. The van der Waals surface area contributed by atoms with Gasteiger partial charge < -0.3 is 4.90 Å². The minimum absolute atomic E-state index is 0.0819. The number of likely N-dealkylation sites (tertiary alicyclic amines) is 1. The Balaban J connectivity index is 1.83. The summed E-state index contributed by atoms with van der Waals surface area (Å²) in [5, 5.41) is 4.26. The molecule has 2 heterocycles. The van der Waals surface area contributed by atoms with Crippen molar-refractivity contribution in [3.63, 3.8) is 0 Å². The second-order valence-corrected chi connectivity index (χ2v) is 5.55. The average Bonchev–Trinajstić information content (AvgIpc) is 2.58. The zero-order chi connectivity index (χ0) is 15.4. The van der Waals surface area contributed by atoms with Crippen LogP contribution in [0.2, 0.25) is 0 Å². The van der Waals surface area contributed by atoms with Crippen LogP contribution >= 0.6 is 0 Å². The smallest absolute Gasteiger partial charge is 0.274 e. The number of aromatic nitrogens is 2. The second kappa shape index (κ2) is 6.56. The number of hydrogen-bond donors (Lipinski definition) is 0. The molecule has 1 aromatic heterocycles. The fourth-order valence-electron chi connectivity index (χ4n) is 2.69. The van der Waals surface area contributed by atoms with Crippen LogP contribution in [0, 0.1) is 0 Å². The van der Waals surface area contributed by atoms with Crippen LogP contribution < -0.4 is 5.56 Å². The van der Waals surface area contributed by atoms with Crippen molar-refractivity contribution in [2.75, 3.05) is 13.1 Å². The lowest BCUT2D eigenvalue weighted by atomic mass is 10.1. The van der Waals surface area contributed by atoms with E-state index in [4.69, 9.17) is 0 Å². The third kappa shape index (κ3) is 3.24. The number of piperidine rings is 1. The zero-order valence-corrected chi connectivity index (χ0v) is 12.4. The molecule has 0 bridgehead atoms. The molecule has 0 unspecified atom stereocenters. The third-order valence-corrected chi connectivity index (χ3v) is 3.90. The first-order chi connectivity index (χ1) is 10.7. The summed E-state index contributed by atoms with van der Waals surface area (Å²) in [6, 6.07) is 12.6. The normalized spacial score (nSPS) is 14.8. The van der Waals surface area contributed by atoms with Crippen LogP contribution in [0.5, 0.6) is 0 Å². The Morgan fingerprint density at radius 2 is 1.73 bits per heavy atom. The number of rotatable bonds is 3. The quantitative estimate of drug-likeness (QED) is 0.869. The van der Waals surface area contributed by atoms with Gasteiger partial charge in [0.1, 0.15) is 5.69 Å². The van der Waals surface area contributed by atoms with Crippen LogP contribution in [0.4, 0.5) is 0 Å². The van der Waals surface area contributed by atoms with E-state index >= 15 is 0 Å². The number of benzene rings is 1. The van der Waals surface area contributed by atoms with Crippen molar-refractivity contribution in [3.8, 4) is 0 Å². The zero-order valence-electron chi connectivity index (χ0n) is 12.4. The molecule has 0 atom stereocenters. The molecular weight excluding hydrogens is 278 g/mol. The molecule has 0 spiro atoms. The second-order valence-electron chi connectivity index (χ2n) is 5.55. The van der Waals surface area contributed by atoms with E-state index in [-0.39, 0.29) is 11.5 Å². The van der Waals surface area contributed by atoms with Gasteiger partial charge in [-0.25, -0.2) is 4.68 Å². The molecule has 1 aliphatic heterocycles. The fraction of sp³-hybridized carbons (Fsp3) is 0.353. The van der Waals surface area contributed by atoms with Gasteiger partial charge in [0, 0.05) is 19.2 Å². The van der Waals surface area contributed by atoms with Gasteiger partial charge in [-0.05, 0) is 30.9 Å². The molecule has 2 aromatic rings. The minimum atomic E-state index is -0.195. The van der Waals surface area contributed by atoms with E-state index < -0.39 is 0 Å². The van der Waals surface area contributed by atoms with Gasteiger partial charge in [0.25, 0.3) is 11.5 Å². The van der Waals surface area contributed by atoms with Gasteiger partial charge >= 0.3 is 0 Å². The average molecular weight is 297 g/mol. The first kappa shape index (κ1) is 14.5. The summed E-state index contributed by atoms with van der Waals surface area (Å²) in [6.07, 6.45) is 3.25. The maximum absolute atomic E-state index is 12.5. The van der Waals surface area contributed by atoms with E-state index in [1.165, 1.54) is 23.2 Å². The van der Waals surface area contributed by atoms with Crippen LogP contribution in [0.3, 0.4) is 0 Å². The summed E-state index contributed by atoms with van der Waals surface area (Å²) in [4.78, 5) is 26.2. The van der Waals surface area contributed by atoms with Crippen molar-refractivity contribution in [2.45, 2.75) is 25.8 Å². The molecule has 0 saturated carbocycles. The highest BCUT2D eigenvalue weighted by Gasteiger charge is 2.20. The summed E-state index contributed by atoms with van der Waals surface area (Å²) in [7, 11) is 0. The van der Waals surface area contributed by atoms with Gasteiger partial charge in [0.05, 0.1) is 6.54 Å². The Bertz CT molecular complexity index is 703. The van der Waals surface area contributed by atoms with E-state index in [2.05, 4.69) is 5.10 Å². The van der Waals surface area contributed by atoms with E-state index in [1.54, 1.807) is 0 Å². The molecule has 0 N–H and O–H groups in total. The highest BCUT2D eigenvalue weighted by atomic mass is 16.2. The molecule has 1 fully saturated rings. The van der Waals surface area contributed by atoms with Crippen molar-refractivity contribution in [1.82, 2.24) is 14.7 Å². The van der Waals surface area contributed by atoms with Gasteiger partial charge in [-0.3, -0.25) is 9.59 Å². The molecule has 1 saturated heterocycles. The van der Waals surface area contributed by atoms with Gasteiger partial charge in [0.2, 0.25) is 0 Å². The molecule has 22 heavy (non-hydrogen) atoms. The lowest BCUT2D eigenvalue weighted by Gasteiger charge is -2.26. The van der Waals surface area contributed by atoms with Gasteiger partial charge in [-0.15, -0.1) is 0 Å². The summed E-state index contributed by atoms with van der Waals surface area (Å²) >= 11 is 0. The van der Waals surface area contributed by atoms with Crippen molar-refractivity contribution >= 4 is 5.91 Å². The Hall–Kier alpha value is -2.43. The van der Waals surface area contributed by atoms with E-state index in [9.17, 15) is 9.59 Å². The fourth-order valence-corrected chi connectivity index (χ4v) is 2.69. The Morgan fingerprint density at radius 3 is 2.45 bits per heavy atom. The Kier molecular flexibility index (Phi) is 4.32. The predicted octanol–water partition coefficient (Wildman–Crippen LogP) is 1.92. The van der Waals surface area contributed by atoms with Gasteiger partial charge in [0.15, 0.2) is 0 Å². The first-order valence-electron chi connectivity index (χ1n) is 7.65. The summed E-state index contributed by atoms with van der Waals surface area (Å²) in [5.41, 5.74) is 1.14. The topological polar surface area (TPSA) is 55.2 Å². The lowest BCUT2D eigenvalue weighted by molar-refractivity contribution is 0.0715. The predicted molar refractivity (Wildman–Crippen MR) is 83.8 cm³/mol. The van der Waals surface area contributed by atoms with Crippen molar-refractivity contribution in [2.24, 2.45) is 0 Å². The maximum atomic E-state index is 12.5. The molecule has 1 aromatic carbocycles. The third-order valence-electron chi connectivity index (χ3n) is 3.90. The molecule has 5 nitrogen and oxygen atoms in total. The first-order valence-corrected chi connectivity index (χ1v) is 7.65. The van der Waals surface area contributed by atoms with Crippen molar-refractivity contribution in [3.05, 3.63) is 64.1 Å². The molecule has 5 heteroatoms. The molecule has 114 valence electrons. The molecule has 1 aliphatic rings. The van der Waals surface area contributed by atoms with Crippen molar-refractivity contribution < 1.29 is 4.79 Å². The minimum Gasteiger partial charge on any atom is -0.337 e. The van der Waals surface area contributed by atoms with E-state index in [1.807, 2.05) is 35.2 Å². The van der Waals surface area contributed by atoms with Crippen LogP contribution in [0.25, 0.3) is 0 Å². The van der Waals surface area contributed by atoms with Crippen molar-refractivity contribution in [1.29, 1.82) is 0 Å². The van der Waals surface area contributed by atoms with Crippen LogP contribution in [0.15, 0.2) is 47.3 Å². The van der Waals surface area contributed by atoms with Crippen LogP contribution in [0.1, 0.15) is 35.3 Å². The number of amides is 1. The molecule has 0 aliphatic carbocycles. The standard InChI is InChI=1S/C17H19N3O2/c21-16-10-9-15(17(22)19-11-5-2-6-12-19)18-20(16)13-14-7-3-1-4-8-14/h1,3-4,7-10H,2,5-6,11-13H2. The highest BCUT2D eigenvalue weighted by Crippen LogP contribution is 2.11. The van der Waals surface area contributed by atoms with E-state index in [0.717, 1.165) is 31.5 Å².